The second-order valence-electron chi connectivity index (χ2n) is 3.66. The van der Waals surface area contributed by atoms with Gasteiger partial charge < -0.3 is 15.4 Å². The predicted octanol–water partition coefficient (Wildman–Crippen LogP) is 1.43. The SMILES string of the molecule is COCCCN(C)C(=O)c1cnc(N)c(Cl)c1. The number of hydrogen-bond donors (Lipinski definition) is 1. The number of ether oxygens (including phenoxy) is 1. The van der Waals surface area contributed by atoms with E-state index < -0.39 is 0 Å². The van der Waals surface area contributed by atoms with E-state index in [1.807, 2.05) is 0 Å². The second-order valence-corrected chi connectivity index (χ2v) is 4.07. The Morgan fingerprint density at radius 2 is 2.35 bits per heavy atom. The third-order valence-corrected chi connectivity index (χ3v) is 2.61. The molecular formula is C11H16ClN3O2. The van der Waals surface area contributed by atoms with Crippen LogP contribution >= 0.6 is 11.6 Å². The molecule has 0 radical (unpaired) electrons. The van der Waals surface area contributed by atoms with Gasteiger partial charge in [-0.1, -0.05) is 11.6 Å². The van der Waals surface area contributed by atoms with Gasteiger partial charge in [-0.25, -0.2) is 4.98 Å². The van der Waals surface area contributed by atoms with Crippen molar-refractivity contribution in [3.8, 4) is 0 Å². The Morgan fingerprint density at radius 3 is 2.94 bits per heavy atom. The van der Waals surface area contributed by atoms with E-state index in [9.17, 15) is 4.79 Å². The molecule has 0 aliphatic heterocycles. The summed E-state index contributed by atoms with van der Waals surface area (Å²) >= 11 is 5.81. The maximum atomic E-state index is 11.9. The maximum absolute atomic E-state index is 11.9. The van der Waals surface area contributed by atoms with Crippen LogP contribution in [-0.2, 0) is 4.74 Å². The zero-order valence-corrected chi connectivity index (χ0v) is 10.7. The summed E-state index contributed by atoms with van der Waals surface area (Å²) in [5.74, 6) is 0.0979. The van der Waals surface area contributed by atoms with Crippen LogP contribution in [0.5, 0.6) is 0 Å². The zero-order chi connectivity index (χ0) is 12.8. The molecule has 0 aliphatic carbocycles. The molecule has 1 heterocycles. The van der Waals surface area contributed by atoms with Crippen LogP contribution in [0.15, 0.2) is 12.3 Å². The molecule has 0 unspecified atom stereocenters. The molecular weight excluding hydrogens is 242 g/mol. The largest absolute Gasteiger partial charge is 0.385 e. The molecule has 0 aliphatic rings. The summed E-state index contributed by atoms with van der Waals surface area (Å²) in [7, 11) is 3.35. The van der Waals surface area contributed by atoms with E-state index in [0.717, 1.165) is 6.42 Å². The maximum Gasteiger partial charge on any atom is 0.255 e. The van der Waals surface area contributed by atoms with Crippen LogP contribution in [0.1, 0.15) is 16.8 Å². The third-order valence-electron chi connectivity index (χ3n) is 2.31. The van der Waals surface area contributed by atoms with Crippen molar-refractivity contribution >= 4 is 23.3 Å². The molecule has 5 nitrogen and oxygen atoms in total. The summed E-state index contributed by atoms with van der Waals surface area (Å²) in [6.07, 6.45) is 2.21. The minimum Gasteiger partial charge on any atom is -0.385 e. The molecule has 1 rings (SSSR count). The van der Waals surface area contributed by atoms with Crippen molar-refractivity contribution in [2.24, 2.45) is 0 Å². The van der Waals surface area contributed by atoms with Crippen LogP contribution in [0.25, 0.3) is 0 Å². The molecule has 6 heteroatoms. The Labute approximate surface area is 106 Å². The number of anilines is 1. The molecule has 0 aromatic carbocycles. The summed E-state index contributed by atoms with van der Waals surface area (Å²) in [6.45, 7) is 1.24. The number of carbonyl (C=O) groups excluding carboxylic acids is 1. The number of methoxy groups -OCH3 is 1. The Morgan fingerprint density at radius 1 is 1.65 bits per heavy atom. The number of aromatic nitrogens is 1. The van der Waals surface area contributed by atoms with Gasteiger partial charge in [0.1, 0.15) is 5.82 Å². The van der Waals surface area contributed by atoms with Gasteiger partial charge in [-0.2, -0.15) is 0 Å². The molecule has 17 heavy (non-hydrogen) atoms. The highest BCUT2D eigenvalue weighted by Crippen LogP contribution is 2.17. The Hall–Kier alpha value is -1.33. The highest BCUT2D eigenvalue weighted by Gasteiger charge is 2.13. The first kappa shape index (κ1) is 13.7. The van der Waals surface area contributed by atoms with Crippen LogP contribution in [-0.4, -0.2) is 43.1 Å². The average molecular weight is 258 g/mol. The molecule has 0 spiro atoms. The van der Waals surface area contributed by atoms with Crippen molar-refractivity contribution in [2.75, 3.05) is 33.0 Å². The number of pyridine rings is 1. The summed E-state index contributed by atoms with van der Waals surface area (Å²) in [5, 5.41) is 0.293. The quantitative estimate of drug-likeness (QED) is 0.810. The van der Waals surface area contributed by atoms with E-state index in [2.05, 4.69) is 4.98 Å². The van der Waals surface area contributed by atoms with Crippen LogP contribution < -0.4 is 5.73 Å². The molecule has 0 saturated heterocycles. The van der Waals surface area contributed by atoms with Crippen LogP contribution in [0.4, 0.5) is 5.82 Å². The van der Waals surface area contributed by atoms with Gasteiger partial charge in [0.2, 0.25) is 0 Å². The van der Waals surface area contributed by atoms with Crippen molar-refractivity contribution in [1.82, 2.24) is 9.88 Å². The van der Waals surface area contributed by atoms with Crippen LogP contribution in [0, 0.1) is 0 Å². The summed E-state index contributed by atoms with van der Waals surface area (Å²) in [5.41, 5.74) is 5.91. The number of carbonyl (C=O) groups is 1. The minimum absolute atomic E-state index is 0.129. The van der Waals surface area contributed by atoms with Gasteiger partial charge in [-0.3, -0.25) is 4.79 Å². The summed E-state index contributed by atoms with van der Waals surface area (Å²) in [6, 6.07) is 1.53. The molecule has 94 valence electrons. The van der Waals surface area contributed by atoms with Gasteiger partial charge in [0.25, 0.3) is 5.91 Å². The number of nitrogens with zero attached hydrogens (tertiary/aromatic N) is 2. The van der Waals surface area contributed by atoms with Crippen LogP contribution in [0.3, 0.4) is 0 Å². The highest BCUT2D eigenvalue weighted by atomic mass is 35.5. The van der Waals surface area contributed by atoms with E-state index in [1.165, 1.54) is 12.3 Å². The van der Waals surface area contributed by atoms with E-state index in [0.29, 0.717) is 23.7 Å². The van der Waals surface area contributed by atoms with Gasteiger partial charge in [0.05, 0.1) is 10.6 Å². The molecule has 1 aromatic heterocycles. The lowest BCUT2D eigenvalue weighted by Gasteiger charge is -2.16. The first-order valence-corrected chi connectivity index (χ1v) is 5.59. The van der Waals surface area contributed by atoms with Gasteiger partial charge in [-0.15, -0.1) is 0 Å². The molecule has 0 fully saturated rings. The molecule has 0 bridgehead atoms. The zero-order valence-electron chi connectivity index (χ0n) is 9.94. The number of nitrogens with two attached hydrogens (primary N) is 1. The van der Waals surface area contributed by atoms with E-state index in [4.69, 9.17) is 22.1 Å². The fourth-order valence-corrected chi connectivity index (χ4v) is 1.50. The van der Waals surface area contributed by atoms with Crippen molar-refractivity contribution in [3.05, 3.63) is 22.8 Å². The first-order valence-electron chi connectivity index (χ1n) is 5.21. The monoisotopic (exact) mass is 257 g/mol. The van der Waals surface area contributed by atoms with Crippen molar-refractivity contribution < 1.29 is 9.53 Å². The van der Waals surface area contributed by atoms with Crippen molar-refractivity contribution in [1.29, 1.82) is 0 Å². The fourth-order valence-electron chi connectivity index (χ4n) is 1.33. The number of amides is 1. The smallest absolute Gasteiger partial charge is 0.255 e. The first-order chi connectivity index (χ1) is 8.06. The molecule has 1 amide bonds. The predicted molar refractivity (Wildman–Crippen MR) is 67.1 cm³/mol. The number of rotatable bonds is 5. The summed E-state index contributed by atoms with van der Waals surface area (Å²) < 4.78 is 4.92. The topological polar surface area (TPSA) is 68.5 Å². The molecule has 0 saturated carbocycles. The third kappa shape index (κ3) is 3.87. The lowest BCUT2D eigenvalue weighted by Crippen LogP contribution is -2.28. The minimum atomic E-state index is -0.129. The van der Waals surface area contributed by atoms with Crippen molar-refractivity contribution in [3.63, 3.8) is 0 Å². The molecule has 0 atom stereocenters. The van der Waals surface area contributed by atoms with Crippen LogP contribution in [0.2, 0.25) is 5.02 Å². The normalized spacial score (nSPS) is 10.3. The fraction of sp³-hybridized carbons (Fsp3) is 0.455. The standard InChI is InChI=1S/C11H16ClN3O2/c1-15(4-3-5-17-2)11(16)8-6-9(12)10(13)14-7-8/h6-7H,3-5H2,1-2H3,(H2,13,14). The highest BCUT2D eigenvalue weighted by molar-refractivity contribution is 6.33. The van der Waals surface area contributed by atoms with Gasteiger partial charge >= 0.3 is 0 Å². The molecule has 1 aromatic rings. The number of halogens is 1. The average Bonchev–Trinajstić information content (AvgIpc) is 2.32. The van der Waals surface area contributed by atoms with E-state index >= 15 is 0 Å². The van der Waals surface area contributed by atoms with Gasteiger partial charge in [-0.05, 0) is 12.5 Å². The second kappa shape index (κ2) is 6.42. The Bertz CT molecular complexity index is 398. The van der Waals surface area contributed by atoms with Gasteiger partial charge in [0, 0.05) is 33.5 Å². The lowest BCUT2D eigenvalue weighted by atomic mass is 10.2. The number of hydrogen-bond acceptors (Lipinski definition) is 4. The van der Waals surface area contributed by atoms with Crippen molar-refractivity contribution in [2.45, 2.75) is 6.42 Å². The van der Waals surface area contributed by atoms with E-state index in [1.54, 1.807) is 19.1 Å². The molecule has 2 N–H and O–H groups in total. The Kier molecular flexibility index (Phi) is 5.18. The number of nitrogen functional groups attached to an aromatic ring is 1. The summed E-state index contributed by atoms with van der Waals surface area (Å²) in [4.78, 5) is 17.4. The van der Waals surface area contributed by atoms with Gasteiger partial charge in [0.15, 0.2) is 0 Å². The Balaban J connectivity index is 2.65. The van der Waals surface area contributed by atoms with E-state index in [-0.39, 0.29) is 11.7 Å². The lowest BCUT2D eigenvalue weighted by molar-refractivity contribution is 0.0779.